The van der Waals surface area contributed by atoms with Gasteiger partial charge in [0.2, 0.25) is 11.5 Å². The number of fused-ring (bicyclic) bond motifs is 2. The van der Waals surface area contributed by atoms with Crippen molar-refractivity contribution >= 4 is 17.7 Å². The first-order valence-corrected chi connectivity index (χ1v) is 18.5. The van der Waals surface area contributed by atoms with Gasteiger partial charge in [0, 0.05) is 31.1 Å². The monoisotopic (exact) mass is 736 g/mol. The maximum absolute atomic E-state index is 13.7. The van der Waals surface area contributed by atoms with Crippen LogP contribution in [0, 0.1) is 17.8 Å². The van der Waals surface area contributed by atoms with Crippen molar-refractivity contribution in [2.24, 2.45) is 22.9 Å². The Kier molecular flexibility index (Phi) is 13.8. The number of oxime groups is 1. The van der Waals surface area contributed by atoms with Crippen molar-refractivity contribution in [2.75, 3.05) is 46.8 Å². The van der Waals surface area contributed by atoms with Gasteiger partial charge in [-0.1, -0.05) is 48.0 Å². The Labute approximate surface area is 310 Å². The Hall–Kier alpha value is -4.53. The summed E-state index contributed by atoms with van der Waals surface area (Å²) >= 11 is 0. The maximum atomic E-state index is 13.7. The molecule has 53 heavy (non-hydrogen) atoms. The van der Waals surface area contributed by atoms with Crippen LogP contribution in [0.1, 0.15) is 97.3 Å². The predicted molar refractivity (Wildman–Crippen MR) is 195 cm³/mol. The molecule has 1 aromatic heterocycles. The minimum atomic E-state index is -1.54. The molecule has 6 atom stereocenters. The van der Waals surface area contributed by atoms with Crippen molar-refractivity contribution in [3.63, 3.8) is 0 Å². The summed E-state index contributed by atoms with van der Waals surface area (Å²) in [4.78, 5) is 32.4. The third-order valence-corrected chi connectivity index (χ3v) is 10.1. The van der Waals surface area contributed by atoms with E-state index in [0.717, 1.165) is 36.8 Å². The van der Waals surface area contributed by atoms with Crippen LogP contribution in [0.25, 0.3) is 0 Å². The summed E-state index contributed by atoms with van der Waals surface area (Å²) in [6.45, 7) is 11.7. The minimum absolute atomic E-state index is 0.0240. The Morgan fingerprint density at radius 3 is 2.43 bits per heavy atom. The summed E-state index contributed by atoms with van der Waals surface area (Å²) in [5.74, 6) is -2.68. The fourth-order valence-electron chi connectivity index (χ4n) is 8.17. The van der Waals surface area contributed by atoms with Gasteiger partial charge in [0.05, 0.1) is 31.5 Å². The quantitative estimate of drug-likeness (QED) is 0.0776. The number of aromatic nitrogens is 3. The Morgan fingerprint density at radius 2 is 1.75 bits per heavy atom. The van der Waals surface area contributed by atoms with Gasteiger partial charge < -0.3 is 38.7 Å². The van der Waals surface area contributed by atoms with Gasteiger partial charge in [0.25, 0.3) is 0 Å². The normalized spacial score (nSPS) is 25.0. The lowest BCUT2D eigenvalue weighted by molar-refractivity contribution is -0.252. The zero-order chi connectivity index (χ0) is 38.0. The summed E-state index contributed by atoms with van der Waals surface area (Å²) in [7, 11) is 1.48. The molecule has 2 aliphatic carbocycles. The van der Waals surface area contributed by atoms with E-state index >= 15 is 0 Å². The van der Waals surface area contributed by atoms with Crippen molar-refractivity contribution in [1.82, 2.24) is 15.0 Å². The maximum Gasteiger partial charge on any atom is 0.361 e. The molecule has 0 radical (unpaired) electrons. The molecule has 3 aliphatic rings. The molecule has 14 heteroatoms. The highest BCUT2D eigenvalue weighted by Gasteiger charge is 2.65. The summed E-state index contributed by atoms with van der Waals surface area (Å²) in [6, 6.07) is 4.77. The first kappa shape index (κ1) is 39.7. The second-order valence-corrected chi connectivity index (χ2v) is 13.2. The van der Waals surface area contributed by atoms with Gasteiger partial charge in [0.1, 0.15) is 31.3 Å². The highest BCUT2D eigenvalue weighted by atomic mass is 16.7. The first-order chi connectivity index (χ1) is 25.8. The number of carbonyl (C=O) groups excluding carboxylic acids is 2. The smallest absolute Gasteiger partial charge is 0.361 e. The van der Waals surface area contributed by atoms with Crippen LogP contribution in [0.15, 0.2) is 60.3 Å². The van der Waals surface area contributed by atoms with E-state index in [1.165, 1.54) is 11.8 Å². The Balaban J connectivity index is 1.82. The Bertz CT molecular complexity index is 1670. The van der Waals surface area contributed by atoms with Crippen molar-refractivity contribution in [3.8, 4) is 11.5 Å². The molecule has 0 unspecified atom stereocenters. The molecular weight excluding hydrogens is 684 g/mol. The highest BCUT2D eigenvalue weighted by molar-refractivity contribution is 6.03. The topological polar surface area (TPSA) is 173 Å². The van der Waals surface area contributed by atoms with E-state index in [1.807, 2.05) is 18.2 Å². The van der Waals surface area contributed by atoms with E-state index in [2.05, 4.69) is 34.7 Å². The third-order valence-electron chi connectivity index (χ3n) is 10.1. The van der Waals surface area contributed by atoms with E-state index < -0.39 is 29.7 Å². The molecule has 288 valence electrons. The second kappa shape index (κ2) is 18.5. The van der Waals surface area contributed by atoms with E-state index in [9.17, 15) is 19.8 Å². The molecule has 1 fully saturated rings. The van der Waals surface area contributed by atoms with Crippen LogP contribution in [0.2, 0.25) is 0 Å². The van der Waals surface area contributed by atoms with Gasteiger partial charge >= 0.3 is 11.9 Å². The molecule has 0 saturated heterocycles. The number of ether oxygens (including phenoxy) is 5. The second-order valence-electron chi connectivity index (χ2n) is 13.2. The van der Waals surface area contributed by atoms with Crippen LogP contribution in [0.4, 0.5) is 0 Å². The number of allylic oxidation sites excluding steroid dienone is 1. The molecule has 2 aromatic rings. The fourth-order valence-corrected chi connectivity index (χ4v) is 8.17. The van der Waals surface area contributed by atoms with E-state index in [1.54, 1.807) is 26.0 Å². The number of hydrogen-bond acceptors (Lipinski definition) is 13. The van der Waals surface area contributed by atoms with Crippen LogP contribution in [-0.4, -0.2) is 95.4 Å². The molecule has 1 aromatic carbocycles. The molecule has 2 N–H and O–H groups in total. The number of unbranched alkanes of at least 4 members (excludes halogenated alkanes) is 2. The summed E-state index contributed by atoms with van der Waals surface area (Å²) in [6.07, 6.45) is 10.1. The number of nitrogens with zero attached hydrogens (tertiary/aromatic N) is 4. The van der Waals surface area contributed by atoms with Crippen LogP contribution in [0.5, 0.6) is 11.5 Å². The van der Waals surface area contributed by atoms with Crippen LogP contribution in [-0.2, 0) is 19.0 Å². The van der Waals surface area contributed by atoms with Gasteiger partial charge in [-0.3, -0.25) is 0 Å². The van der Waals surface area contributed by atoms with Crippen molar-refractivity contribution < 1.29 is 48.3 Å². The predicted octanol–water partition coefficient (Wildman–Crippen LogP) is 5.33. The first-order valence-electron chi connectivity index (χ1n) is 18.5. The van der Waals surface area contributed by atoms with Crippen molar-refractivity contribution in [3.05, 3.63) is 72.1 Å². The lowest BCUT2D eigenvalue weighted by Gasteiger charge is -2.58. The number of aliphatic hydroxyl groups is 2. The van der Waals surface area contributed by atoms with Crippen LogP contribution >= 0.6 is 0 Å². The number of carbonyl (C=O) groups is 2. The van der Waals surface area contributed by atoms with E-state index in [-0.39, 0.29) is 68.6 Å². The molecule has 1 saturated carbocycles. The fraction of sp³-hybridized carbons (Fsp3) is 0.564. The SMILES string of the molecule is C=CCOc1ccc2c(c1)[C@H]1[C@H](CCCCO)[C@@H](CCCCO)C=C3C(=NOC)C[C@H](n4nnc(C(=O)OCC)c4C(=O)OCC)[C@@](OCC=C)(O2)[C@H]31. The number of aliphatic hydroxyl groups excluding tert-OH is 2. The Morgan fingerprint density at radius 1 is 1.04 bits per heavy atom. The molecule has 2 heterocycles. The summed E-state index contributed by atoms with van der Waals surface area (Å²) in [5, 5.41) is 32.6. The van der Waals surface area contributed by atoms with Gasteiger partial charge in [-0.15, -0.1) is 11.7 Å². The molecule has 14 nitrogen and oxygen atoms in total. The number of rotatable bonds is 20. The molecule has 0 bridgehead atoms. The number of benzene rings is 1. The zero-order valence-corrected chi connectivity index (χ0v) is 30.9. The highest BCUT2D eigenvalue weighted by Crippen LogP contribution is 2.63. The van der Waals surface area contributed by atoms with E-state index in [0.29, 0.717) is 36.7 Å². The molecule has 0 amide bonds. The summed E-state index contributed by atoms with van der Waals surface area (Å²) < 4.78 is 32.1. The number of hydrogen-bond donors (Lipinski definition) is 2. The standard InChI is InChI=1S/C39H52N4O10/c1-6-20-51-26-16-17-31-29(23-26)33-27(15-11-13-19-45)25(14-10-12-18-44)22-28-30(41-48-5)24-32(39(53-31,34(28)33)52-21-7-2)43-36(38(47)50-9-4)35(40-42-43)37(46)49-8-3/h6-7,16-17,22-23,25,27,32-34,44-45H,1-2,8-15,18-21,24H2,3-5H3/t25-,27+,32-,33+,34+,39+/m0/s1. The molecule has 0 spiro atoms. The van der Waals surface area contributed by atoms with Gasteiger partial charge in [-0.25, -0.2) is 14.3 Å². The average Bonchev–Trinajstić information content (AvgIpc) is 3.60. The molecule has 1 aliphatic heterocycles. The summed E-state index contributed by atoms with van der Waals surface area (Å²) in [5.41, 5.74) is 1.89. The lowest BCUT2D eigenvalue weighted by atomic mass is 9.55. The van der Waals surface area contributed by atoms with Gasteiger partial charge in [-0.2, -0.15) is 0 Å². The zero-order valence-electron chi connectivity index (χ0n) is 30.9. The molecule has 5 rings (SSSR count). The van der Waals surface area contributed by atoms with E-state index in [4.69, 9.17) is 28.5 Å². The number of esters is 2. The third kappa shape index (κ3) is 8.04. The van der Waals surface area contributed by atoms with Gasteiger partial charge in [0.15, 0.2) is 5.69 Å². The molecular formula is C39H52N4O10. The average molecular weight is 737 g/mol. The van der Waals surface area contributed by atoms with Crippen LogP contribution in [0.3, 0.4) is 0 Å². The van der Waals surface area contributed by atoms with Gasteiger partial charge in [-0.05, 0) is 75.1 Å². The minimum Gasteiger partial charge on any atom is -0.490 e. The van der Waals surface area contributed by atoms with Crippen LogP contribution < -0.4 is 9.47 Å². The van der Waals surface area contributed by atoms with Crippen molar-refractivity contribution in [2.45, 2.75) is 76.5 Å². The van der Waals surface area contributed by atoms with Crippen molar-refractivity contribution in [1.29, 1.82) is 0 Å². The largest absolute Gasteiger partial charge is 0.490 e. The lowest BCUT2D eigenvalue weighted by Crippen LogP contribution is -2.63.